The van der Waals surface area contributed by atoms with Crippen molar-refractivity contribution < 1.29 is 23.5 Å². The van der Waals surface area contributed by atoms with Crippen molar-refractivity contribution in [2.24, 2.45) is 0 Å². The number of Topliss-reactive ketones (excluding diaryl/α,β-unsaturated/α-hetero) is 1. The molecule has 144 valence electrons. The van der Waals surface area contributed by atoms with Crippen molar-refractivity contribution in [1.82, 2.24) is 4.90 Å². The molecule has 1 amide bonds. The number of likely N-dealkylation sites (tertiary alicyclic amines) is 1. The second-order valence-corrected chi connectivity index (χ2v) is 7.93. The van der Waals surface area contributed by atoms with Gasteiger partial charge in [-0.25, -0.2) is 9.18 Å². The van der Waals surface area contributed by atoms with Crippen LogP contribution in [0.3, 0.4) is 0 Å². The summed E-state index contributed by atoms with van der Waals surface area (Å²) in [6.07, 6.45) is -2.03. The van der Waals surface area contributed by atoms with Crippen molar-refractivity contribution in [1.29, 1.82) is 0 Å². The van der Waals surface area contributed by atoms with Gasteiger partial charge in [0.1, 0.15) is 23.2 Å². The second-order valence-electron chi connectivity index (χ2n) is 7.93. The minimum Gasteiger partial charge on any atom is -0.485 e. The van der Waals surface area contributed by atoms with Crippen molar-refractivity contribution in [2.45, 2.75) is 64.8 Å². The van der Waals surface area contributed by atoms with Gasteiger partial charge in [0.05, 0.1) is 13.1 Å². The summed E-state index contributed by atoms with van der Waals surface area (Å²) in [5, 5.41) is 0. The Balaban J connectivity index is 1.94. The number of rotatable bonds is 5. The Bertz CT molecular complexity index is 638. The lowest BCUT2D eigenvalue weighted by Crippen LogP contribution is -2.36. The average Bonchev–Trinajstić information content (AvgIpc) is 2.87. The minimum atomic E-state index is -1.26. The maximum atomic E-state index is 14.3. The highest BCUT2D eigenvalue weighted by Crippen LogP contribution is 2.25. The fraction of sp³-hybridized carbons (Fsp3) is 0.600. The molecule has 3 atom stereocenters. The predicted molar refractivity (Wildman–Crippen MR) is 97.3 cm³/mol. The van der Waals surface area contributed by atoms with Gasteiger partial charge in [-0.2, -0.15) is 0 Å². The summed E-state index contributed by atoms with van der Waals surface area (Å²) in [6, 6.07) is 7.32. The van der Waals surface area contributed by atoms with Gasteiger partial charge in [-0.05, 0) is 51.3 Å². The molecule has 2 rings (SSSR count). The SMILES string of the molecule is CC(=O)C[C@@H](C)c1ccc(O[C@H]2CN(C(=O)OC(C)(C)C)C[C@H]2F)cc1. The molecule has 6 heteroatoms. The molecule has 5 nitrogen and oxygen atoms in total. The van der Waals surface area contributed by atoms with Crippen LogP contribution in [0.15, 0.2) is 24.3 Å². The van der Waals surface area contributed by atoms with Gasteiger partial charge in [-0.15, -0.1) is 0 Å². The van der Waals surface area contributed by atoms with Crippen molar-refractivity contribution in [3.63, 3.8) is 0 Å². The molecule has 0 bridgehead atoms. The van der Waals surface area contributed by atoms with Crippen LogP contribution in [-0.4, -0.2) is 47.7 Å². The molecule has 1 aliphatic rings. The van der Waals surface area contributed by atoms with E-state index in [-0.39, 0.29) is 24.8 Å². The predicted octanol–water partition coefficient (Wildman–Crippen LogP) is 4.11. The Morgan fingerprint density at radius 3 is 2.38 bits per heavy atom. The van der Waals surface area contributed by atoms with Crippen molar-refractivity contribution >= 4 is 11.9 Å². The van der Waals surface area contributed by atoms with Crippen LogP contribution in [0.1, 0.15) is 52.5 Å². The van der Waals surface area contributed by atoms with E-state index in [1.54, 1.807) is 39.8 Å². The van der Waals surface area contributed by atoms with Crippen LogP contribution in [-0.2, 0) is 9.53 Å². The molecule has 0 N–H and O–H groups in total. The summed E-state index contributed by atoms with van der Waals surface area (Å²) in [4.78, 5) is 24.6. The quantitative estimate of drug-likeness (QED) is 0.788. The van der Waals surface area contributed by atoms with Crippen molar-refractivity contribution in [3.8, 4) is 5.75 Å². The third-order valence-corrected chi connectivity index (χ3v) is 4.18. The first-order valence-electron chi connectivity index (χ1n) is 8.93. The van der Waals surface area contributed by atoms with Gasteiger partial charge in [-0.3, -0.25) is 0 Å². The second kappa shape index (κ2) is 8.06. The maximum Gasteiger partial charge on any atom is 0.410 e. The van der Waals surface area contributed by atoms with Crippen molar-refractivity contribution in [2.75, 3.05) is 13.1 Å². The van der Waals surface area contributed by atoms with Crippen molar-refractivity contribution in [3.05, 3.63) is 29.8 Å². The zero-order chi connectivity index (χ0) is 19.5. The molecule has 0 radical (unpaired) electrons. The summed E-state index contributed by atoms with van der Waals surface area (Å²) < 4.78 is 25.3. The number of hydrogen-bond acceptors (Lipinski definition) is 4. The smallest absolute Gasteiger partial charge is 0.410 e. The molecule has 1 heterocycles. The van der Waals surface area contributed by atoms with E-state index < -0.39 is 24.0 Å². The third kappa shape index (κ3) is 5.71. The molecule has 26 heavy (non-hydrogen) atoms. The Labute approximate surface area is 154 Å². The lowest BCUT2D eigenvalue weighted by Gasteiger charge is -2.24. The highest BCUT2D eigenvalue weighted by Gasteiger charge is 2.38. The van der Waals surface area contributed by atoms with Crippen LogP contribution in [0.2, 0.25) is 0 Å². The summed E-state index contributed by atoms with van der Waals surface area (Å²) in [5.74, 6) is 0.818. The highest BCUT2D eigenvalue weighted by atomic mass is 19.1. The van der Waals surface area contributed by atoms with Crippen LogP contribution in [0, 0.1) is 0 Å². The average molecular weight is 365 g/mol. The van der Waals surface area contributed by atoms with Crippen LogP contribution >= 0.6 is 0 Å². The van der Waals surface area contributed by atoms with E-state index in [2.05, 4.69) is 0 Å². The van der Waals surface area contributed by atoms with E-state index in [1.807, 2.05) is 19.1 Å². The first-order chi connectivity index (χ1) is 12.0. The van der Waals surface area contributed by atoms with Gasteiger partial charge in [0, 0.05) is 6.42 Å². The normalized spacial score (nSPS) is 21.4. The Kier molecular flexibility index (Phi) is 6.26. The molecule has 1 aromatic carbocycles. The number of amides is 1. The number of alkyl halides is 1. The molecule has 1 fully saturated rings. The van der Waals surface area contributed by atoms with Gasteiger partial charge in [0.15, 0.2) is 6.17 Å². The lowest BCUT2D eigenvalue weighted by atomic mass is 9.96. The monoisotopic (exact) mass is 365 g/mol. The van der Waals surface area contributed by atoms with Gasteiger partial charge in [-0.1, -0.05) is 19.1 Å². The number of nitrogens with zero attached hydrogens (tertiary/aromatic N) is 1. The lowest BCUT2D eigenvalue weighted by molar-refractivity contribution is -0.117. The van der Waals surface area contributed by atoms with E-state index in [1.165, 1.54) is 4.90 Å². The summed E-state index contributed by atoms with van der Waals surface area (Å²) in [5.41, 5.74) is 0.417. The van der Waals surface area contributed by atoms with E-state index >= 15 is 0 Å². The van der Waals surface area contributed by atoms with Gasteiger partial charge < -0.3 is 19.2 Å². The number of carbonyl (C=O) groups excluding carboxylic acids is 2. The number of hydrogen-bond donors (Lipinski definition) is 0. The molecule has 0 aliphatic carbocycles. The van der Waals surface area contributed by atoms with E-state index in [9.17, 15) is 14.0 Å². The van der Waals surface area contributed by atoms with E-state index in [0.717, 1.165) is 5.56 Å². The third-order valence-electron chi connectivity index (χ3n) is 4.18. The zero-order valence-corrected chi connectivity index (χ0v) is 16.1. The molecule has 1 aromatic rings. The molecule has 0 saturated carbocycles. The summed E-state index contributed by atoms with van der Waals surface area (Å²) in [6.45, 7) is 9.01. The minimum absolute atomic E-state index is 0.0344. The van der Waals surface area contributed by atoms with Crippen LogP contribution in [0.25, 0.3) is 0 Å². The van der Waals surface area contributed by atoms with Gasteiger partial charge in [0.25, 0.3) is 0 Å². The maximum absolute atomic E-state index is 14.3. The fourth-order valence-corrected chi connectivity index (χ4v) is 2.92. The van der Waals surface area contributed by atoms with E-state index in [0.29, 0.717) is 12.2 Å². The number of benzene rings is 1. The number of carbonyl (C=O) groups is 2. The van der Waals surface area contributed by atoms with Crippen LogP contribution < -0.4 is 4.74 Å². The first-order valence-corrected chi connectivity index (χ1v) is 8.93. The molecular weight excluding hydrogens is 337 g/mol. The molecule has 1 saturated heterocycles. The number of ether oxygens (including phenoxy) is 2. The Morgan fingerprint density at radius 2 is 1.85 bits per heavy atom. The standard InChI is InChI=1S/C20H28FNO4/c1-13(10-14(2)23)15-6-8-16(9-7-15)25-18-12-22(11-17(18)21)19(24)26-20(3,4)5/h6-9,13,17-18H,10-12H2,1-5H3/t13-,17-,18+/m1/s1. The molecule has 0 unspecified atom stereocenters. The highest BCUT2D eigenvalue weighted by molar-refractivity contribution is 5.76. The summed E-state index contributed by atoms with van der Waals surface area (Å²) in [7, 11) is 0. The molecular formula is C20H28FNO4. The van der Waals surface area contributed by atoms with Crippen LogP contribution in [0.4, 0.5) is 9.18 Å². The number of halogens is 1. The van der Waals surface area contributed by atoms with Gasteiger partial charge >= 0.3 is 6.09 Å². The van der Waals surface area contributed by atoms with Gasteiger partial charge in [0.2, 0.25) is 0 Å². The Hall–Kier alpha value is -2.11. The summed E-state index contributed by atoms with van der Waals surface area (Å²) >= 11 is 0. The molecule has 1 aliphatic heterocycles. The fourth-order valence-electron chi connectivity index (χ4n) is 2.92. The first kappa shape index (κ1) is 20.2. The topological polar surface area (TPSA) is 55.8 Å². The molecule has 0 aromatic heterocycles. The zero-order valence-electron chi connectivity index (χ0n) is 16.1. The van der Waals surface area contributed by atoms with Crippen LogP contribution in [0.5, 0.6) is 5.75 Å². The molecule has 0 spiro atoms. The Morgan fingerprint density at radius 1 is 1.23 bits per heavy atom. The van der Waals surface area contributed by atoms with E-state index in [4.69, 9.17) is 9.47 Å². The number of ketones is 1. The largest absolute Gasteiger partial charge is 0.485 e.